The predicted octanol–water partition coefficient (Wildman–Crippen LogP) is 0.309. The van der Waals surface area contributed by atoms with Crippen LogP contribution in [-0.4, -0.2) is 44.7 Å². The Morgan fingerprint density at radius 1 is 1.68 bits per heavy atom. The Kier molecular flexibility index (Phi) is 3.65. The predicted molar refractivity (Wildman–Crippen MR) is 62.8 cm³/mol. The number of aliphatic hydroxyl groups is 2. The molecule has 0 bridgehead atoms. The Bertz CT molecular complexity index is 511. The number of Topliss-reactive ketones (excluding diaryl/α,β-unsaturated/α-hetero) is 1. The summed E-state index contributed by atoms with van der Waals surface area (Å²) in [6.45, 7) is 0.926. The number of ketones is 1. The molecule has 3 N–H and O–H groups in total. The molecule has 19 heavy (non-hydrogen) atoms. The number of nitrogens with one attached hydrogen (secondary N) is 1. The van der Waals surface area contributed by atoms with Gasteiger partial charge in [0.1, 0.15) is 6.10 Å². The first-order valence-corrected chi connectivity index (χ1v) is 5.76. The van der Waals surface area contributed by atoms with Gasteiger partial charge in [-0.3, -0.25) is 4.79 Å². The molecule has 1 aliphatic rings. The van der Waals surface area contributed by atoms with Gasteiger partial charge >= 0.3 is 5.82 Å². The standard InChI is InChI=1S/C11H14N2O6/c1-5(15)7-2-6(11(12-7)13(17)18)9-3-8(16)10(4-14)19-9/h2,8-10,12,14,16H,3-4H2,1H3/t8-,9+,10+/m0/s1. The minimum absolute atomic E-state index is 0.118. The van der Waals surface area contributed by atoms with E-state index < -0.39 is 23.2 Å². The highest BCUT2D eigenvalue weighted by molar-refractivity contribution is 5.93. The summed E-state index contributed by atoms with van der Waals surface area (Å²) in [4.78, 5) is 24.0. The molecule has 0 aromatic carbocycles. The molecule has 8 nitrogen and oxygen atoms in total. The van der Waals surface area contributed by atoms with Gasteiger partial charge in [-0.15, -0.1) is 0 Å². The zero-order chi connectivity index (χ0) is 14.2. The lowest BCUT2D eigenvalue weighted by molar-refractivity contribution is -0.390. The molecule has 0 amide bonds. The Morgan fingerprint density at radius 2 is 2.37 bits per heavy atom. The van der Waals surface area contributed by atoms with Crippen molar-refractivity contribution < 1.29 is 24.7 Å². The van der Waals surface area contributed by atoms with Crippen LogP contribution in [0.5, 0.6) is 0 Å². The molecule has 0 saturated carbocycles. The average molecular weight is 270 g/mol. The van der Waals surface area contributed by atoms with Crippen LogP contribution in [0.3, 0.4) is 0 Å². The van der Waals surface area contributed by atoms with Gasteiger partial charge < -0.3 is 25.1 Å². The lowest BCUT2D eigenvalue weighted by Crippen LogP contribution is -2.24. The molecule has 2 rings (SSSR count). The quantitative estimate of drug-likeness (QED) is 0.410. The number of hydrogen-bond donors (Lipinski definition) is 3. The molecule has 1 fully saturated rings. The number of nitrogens with zero attached hydrogens (tertiary/aromatic N) is 1. The number of aromatic amines is 1. The van der Waals surface area contributed by atoms with Gasteiger partial charge in [-0.2, -0.15) is 0 Å². The van der Waals surface area contributed by atoms with Crippen molar-refractivity contribution in [3.05, 3.63) is 27.4 Å². The van der Waals surface area contributed by atoms with Crippen LogP contribution >= 0.6 is 0 Å². The Hall–Kier alpha value is -1.77. The fourth-order valence-electron chi connectivity index (χ4n) is 2.14. The first kappa shape index (κ1) is 13.7. The molecule has 1 aliphatic heterocycles. The normalized spacial score (nSPS) is 26.6. The summed E-state index contributed by atoms with van der Waals surface area (Å²) >= 11 is 0. The van der Waals surface area contributed by atoms with Gasteiger partial charge in [0, 0.05) is 19.4 Å². The van der Waals surface area contributed by atoms with E-state index in [4.69, 9.17) is 9.84 Å². The first-order chi connectivity index (χ1) is 8.93. The van der Waals surface area contributed by atoms with E-state index in [0.29, 0.717) is 0 Å². The van der Waals surface area contributed by atoms with Crippen LogP contribution in [0.1, 0.15) is 35.5 Å². The summed E-state index contributed by atoms with van der Waals surface area (Å²) < 4.78 is 5.36. The van der Waals surface area contributed by atoms with Crippen molar-refractivity contribution in [2.45, 2.75) is 31.7 Å². The molecule has 0 unspecified atom stereocenters. The van der Waals surface area contributed by atoms with Crippen LogP contribution in [-0.2, 0) is 4.74 Å². The highest BCUT2D eigenvalue weighted by Crippen LogP contribution is 2.37. The first-order valence-electron chi connectivity index (χ1n) is 5.76. The Morgan fingerprint density at radius 3 is 2.84 bits per heavy atom. The maximum absolute atomic E-state index is 11.2. The largest absolute Gasteiger partial charge is 0.394 e. The highest BCUT2D eigenvalue weighted by Gasteiger charge is 2.38. The molecular formula is C11H14N2O6. The summed E-state index contributed by atoms with van der Waals surface area (Å²) in [5, 5.41) is 29.6. The third-order valence-corrected chi connectivity index (χ3v) is 3.14. The van der Waals surface area contributed by atoms with Crippen LogP contribution in [0.2, 0.25) is 0 Å². The van der Waals surface area contributed by atoms with E-state index >= 15 is 0 Å². The third kappa shape index (κ3) is 2.50. The van der Waals surface area contributed by atoms with E-state index in [0.717, 1.165) is 0 Å². The van der Waals surface area contributed by atoms with Gasteiger partial charge in [0.15, 0.2) is 11.5 Å². The summed E-state index contributed by atoms with van der Waals surface area (Å²) in [5.74, 6) is -0.646. The van der Waals surface area contributed by atoms with Crippen LogP contribution < -0.4 is 0 Å². The van der Waals surface area contributed by atoms with Crippen molar-refractivity contribution in [3.63, 3.8) is 0 Å². The monoisotopic (exact) mass is 270 g/mol. The van der Waals surface area contributed by atoms with Gasteiger partial charge in [0.2, 0.25) is 0 Å². The number of aromatic nitrogens is 1. The molecule has 2 heterocycles. The second-order valence-electron chi connectivity index (χ2n) is 4.45. The van der Waals surface area contributed by atoms with Crippen molar-refractivity contribution in [2.75, 3.05) is 6.61 Å². The van der Waals surface area contributed by atoms with Gasteiger partial charge in [-0.1, -0.05) is 0 Å². The van der Waals surface area contributed by atoms with Gasteiger partial charge in [0.25, 0.3) is 0 Å². The Balaban J connectivity index is 2.34. The van der Waals surface area contributed by atoms with Crippen LogP contribution in [0.4, 0.5) is 5.82 Å². The maximum atomic E-state index is 11.2. The molecule has 3 atom stereocenters. The SMILES string of the molecule is CC(=O)c1cc([C@H]2C[C@H](O)[C@@H](CO)O2)c([N+](=O)[O-])[nH]1. The molecule has 0 aliphatic carbocycles. The molecule has 104 valence electrons. The molecule has 1 aromatic rings. The van der Waals surface area contributed by atoms with Gasteiger partial charge in [-0.05, 0) is 4.92 Å². The van der Waals surface area contributed by atoms with Gasteiger partial charge in [-0.25, -0.2) is 4.98 Å². The molecule has 0 spiro atoms. The summed E-state index contributed by atoms with van der Waals surface area (Å²) in [7, 11) is 0. The fraction of sp³-hybridized carbons (Fsp3) is 0.545. The van der Waals surface area contributed by atoms with Crippen molar-refractivity contribution in [2.24, 2.45) is 0 Å². The van der Waals surface area contributed by atoms with Crippen molar-refractivity contribution >= 4 is 11.6 Å². The smallest absolute Gasteiger partial charge is 0.327 e. The third-order valence-electron chi connectivity index (χ3n) is 3.14. The molecule has 1 saturated heterocycles. The number of carbonyl (C=O) groups excluding carboxylic acids is 1. The molecular weight excluding hydrogens is 256 g/mol. The van der Waals surface area contributed by atoms with Crippen molar-refractivity contribution in [1.29, 1.82) is 0 Å². The van der Waals surface area contributed by atoms with E-state index in [2.05, 4.69) is 4.98 Å². The maximum Gasteiger partial charge on any atom is 0.327 e. The molecule has 1 aromatic heterocycles. The van der Waals surface area contributed by atoms with E-state index in [1.807, 2.05) is 0 Å². The topological polar surface area (TPSA) is 126 Å². The second kappa shape index (κ2) is 5.08. The van der Waals surface area contributed by atoms with Crippen molar-refractivity contribution in [1.82, 2.24) is 4.98 Å². The van der Waals surface area contributed by atoms with Crippen LogP contribution in [0.25, 0.3) is 0 Å². The number of ether oxygens (including phenoxy) is 1. The number of aliphatic hydroxyl groups excluding tert-OH is 2. The highest BCUT2D eigenvalue weighted by atomic mass is 16.6. The summed E-state index contributed by atoms with van der Waals surface area (Å²) in [5.41, 5.74) is 0.331. The molecule has 8 heteroatoms. The lowest BCUT2D eigenvalue weighted by atomic mass is 10.1. The molecule has 0 radical (unpaired) electrons. The number of rotatable bonds is 4. The lowest BCUT2D eigenvalue weighted by Gasteiger charge is -2.10. The summed E-state index contributed by atoms with van der Waals surface area (Å²) in [6, 6.07) is 1.36. The minimum atomic E-state index is -0.884. The zero-order valence-electron chi connectivity index (χ0n) is 10.2. The van der Waals surface area contributed by atoms with Crippen LogP contribution in [0.15, 0.2) is 6.07 Å². The van der Waals surface area contributed by atoms with Crippen LogP contribution in [0, 0.1) is 10.1 Å². The van der Waals surface area contributed by atoms with E-state index in [9.17, 15) is 20.0 Å². The van der Waals surface area contributed by atoms with Crippen molar-refractivity contribution in [3.8, 4) is 0 Å². The van der Waals surface area contributed by atoms with E-state index in [-0.39, 0.29) is 35.9 Å². The average Bonchev–Trinajstić information content (AvgIpc) is 2.91. The van der Waals surface area contributed by atoms with E-state index in [1.54, 1.807) is 0 Å². The number of H-pyrrole nitrogens is 1. The zero-order valence-corrected chi connectivity index (χ0v) is 10.2. The number of hydrogen-bond acceptors (Lipinski definition) is 6. The Labute approximate surface area is 108 Å². The van der Waals surface area contributed by atoms with E-state index in [1.165, 1.54) is 13.0 Å². The fourth-order valence-corrected chi connectivity index (χ4v) is 2.14. The number of carbonyl (C=O) groups is 1. The minimum Gasteiger partial charge on any atom is -0.394 e. The van der Waals surface area contributed by atoms with Gasteiger partial charge in [0.05, 0.1) is 24.4 Å². The number of nitro groups is 1. The second-order valence-corrected chi connectivity index (χ2v) is 4.45. The summed E-state index contributed by atoms with van der Waals surface area (Å²) in [6.07, 6.45) is -2.22.